The number of benzene rings is 1. The summed E-state index contributed by atoms with van der Waals surface area (Å²) in [6.07, 6.45) is 2.21. The second-order valence-electron chi connectivity index (χ2n) is 4.55. The van der Waals surface area contributed by atoms with Crippen LogP contribution in [0.3, 0.4) is 0 Å². The van der Waals surface area contributed by atoms with Gasteiger partial charge in [-0.15, -0.1) is 0 Å². The van der Waals surface area contributed by atoms with Crippen LogP contribution in [0.15, 0.2) is 24.3 Å². The molecule has 0 aliphatic carbocycles. The molecule has 19 heavy (non-hydrogen) atoms. The number of nitrogens with zero attached hydrogens (tertiary/aromatic N) is 1. The van der Waals surface area contributed by atoms with Crippen LogP contribution < -0.4 is 11.1 Å². The van der Waals surface area contributed by atoms with Crippen LogP contribution in [0.1, 0.15) is 25.3 Å². The van der Waals surface area contributed by atoms with E-state index in [1.807, 2.05) is 24.1 Å². The lowest BCUT2D eigenvalue weighted by Crippen LogP contribution is -2.31. The fourth-order valence-electron chi connectivity index (χ4n) is 1.75. The van der Waals surface area contributed by atoms with Crippen LogP contribution in [0.2, 0.25) is 0 Å². The SMILES string of the molecule is CCCCN(C)CC(=O)Nc1ccccc1C(N)=S. The summed E-state index contributed by atoms with van der Waals surface area (Å²) in [6, 6.07) is 7.30. The van der Waals surface area contributed by atoms with E-state index in [1.165, 1.54) is 0 Å². The average Bonchev–Trinajstić information content (AvgIpc) is 2.36. The molecular weight excluding hydrogens is 258 g/mol. The predicted octanol–water partition coefficient (Wildman–Crippen LogP) is 1.99. The Bertz CT molecular complexity index is 448. The molecule has 0 aliphatic rings. The van der Waals surface area contributed by atoms with Crippen molar-refractivity contribution in [2.45, 2.75) is 19.8 Å². The number of thiocarbonyl (C=S) groups is 1. The van der Waals surface area contributed by atoms with Crippen LogP contribution in [0, 0.1) is 0 Å². The second-order valence-corrected chi connectivity index (χ2v) is 4.99. The van der Waals surface area contributed by atoms with Crippen LogP contribution in [0.4, 0.5) is 5.69 Å². The first-order chi connectivity index (χ1) is 9.04. The Kier molecular flexibility index (Phi) is 6.45. The van der Waals surface area contributed by atoms with E-state index in [-0.39, 0.29) is 10.9 Å². The van der Waals surface area contributed by atoms with Crippen molar-refractivity contribution in [2.75, 3.05) is 25.5 Å². The quantitative estimate of drug-likeness (QED) is 0.749. The number of para-hydroxylation sites is 1. The summed E-state index contributed by atoms with van der Waals surface area (Å²) >= 11 is 4.96. The molecule has 0 atom stereocenters. The van der Waals surface area contributed by atoms with E-state index in [9.17, 15) is 4.79 Å². The minimum absolute atomic E-state index is 0.0534. The van der Waals surface area contributed by atoms with Gasteiger partial charge in [0.25, 0.3) is 0 Å². The van der Waals surface area contributed by atoms with Gasteiger partial charge in [0, 0.05) is 5.56 Å². The highest BCUT2D eigenvalue weighted by atomic mass is 32.1. The molecule has 1 amide bonds. The van der Waals surface area contributed by atoms with E-state index in [4.69, 9.17) is 18.0 Å². The van der Waals surface area contributed by atoms with Crippen molar-refractivity contribution in [1.29, 1.82) is 0 Å². The maximum atomic E-state index is 11.9. The van der Waals surface area contributed by atoms with Crippen molar-refractivity contribution in [1.82, 2.24) is 4.90 Å². The Morgan fingerprint density at radius 1 is 1.42 bits per heavy atom. The maximum absolute atomic E-state index is 11.9. The summed E-state index contributed by atoms with van der Waals surface area (Å²) in [5, 5.41) is 2.85. The molecule has 1 aromatic rings. The van der Waals surface area contributed by atoms with Crippen molar-refractivity contribution < 1.29 is 4.79 Å². The van der Waals surface area contributed by atoms with E-state index in [0.29, 0.717) is 17.8 Å². The van der Waals surface area contributed by atoms with E-state index in [2.05, 4.69) is 12.2 Å². The number of anilines is 1. The Labute approximate surface area is 120 Å². The molecule has 3 N–H and O–H groups in total. The predicted molar refractivity (Wildman–Crippen MR) is 83.4 cm³/mol. The summed E-state index contributed by atoms with van der Waals surface area (Å²) < 4.78 is 0. The average molecular weight is 279 g/mol. The lowest BCUT2D eigenvalue weighted by molar-refractivity contribution is -0.117. The number of rotatable bonds is 7. The maximum Gasteiger partial charge on any atom is 0.238 e. The standard InChI is InChI=1S/C14H21N3OS/c1-3-4-9-17(2)10-13(18)16-12-8-6-5-7-11(12)14(15)19/h5-8H,3-4,9-10H2,1-2H3,(H2,15,19)(H,16,18). The van der Waals surface area contributed by atoms with Gasteiger partial charge in [-0.25, -0.2) is 0 Å². The zero-order chi connectivity index (χ0) is 14.3. The minimum atomic E-state index is -0.0534. The molecule has 1 rings (SSSR count). The van der Waals surface area contributed by atoms with Crippen LogP contribution in [0.25, 0.3) is 0 Å². The molecular formula is C14H21N3OS. The zero-order valence-corrected chi connectivity index (χ0v) is 12.3. The Hall–Kier alpha value is -1.46. The third-order valence-corrected chi connectivity index (χ3v) is 2.99. The summed E-state index contributed by atoms with van der Waals surface area (Å²) in [5.41, 5.74) is 6.99. The monoisotopic (exact) mass is 279 g/mol. The largest absolute Gasteiger partial charge is 0.389 e. The molecule has 1 aromatic carbocycles. The third kappa shape index (κ3) is 5.36. The van der Waals surface area contributed by atoms with E-state index in [1.54, 1.807) is 12.1 Å². The number of nitrogens with one attached hydrogen (secondary N) is 1. The molecule has 0 saturated heterocycles. The van der Waals surface area contributed by atoms with Crippen LogP contribution >= 0.6 is 12.2 Å². The molecule has 0 aromatic heterocycles. The first-order valence-electron chi connectivity index (χ1n) is 6.41. The van der Waals surface area contributed by atoms with Gasteiger partial charge in [0.1, 0.15) is 4.99 Å². The number of likely N-dealkylation sites (N-methyl/N-ethyl adjacent to an activating group) is 1. The fourth-order valence-corrected chi connectivity index (χ4v) is 1.93. The molecule has 0 fully saturated rings. The van der Waals surface area contributed by atoms with Gasteiger partial charge < -0.3 is 11.1 Å². The highest BCUT2D eigenvalue weighted by Crippen LogP contribution is 2.14. The van der Waals surface area contributed by atoms with Gasteiger partial charge in [0.15, 0.2) is 0 Å². The lowest BCUT2D eigenvalue weighted by Gasteiger charge is -2.16. The van der Waals surface area contributed by atoms with Crippen molar-refractivity contribution >= 4 is 28.8 Å². The minimum Gasteiger partial charge on any atom is -0.389 e. The highest BCUT2D eigenvalue weighted by molar-refractivity contribution is 7.80. The molecule has 0 heterocycles. The van der Waals surface area contributed by atoms with Crippen molar-refractivity contribution in [2.24, 2.45) is 5.73 Å². The second kappa shape index (κ2) is 7.86. The van der Waals surface area contributed by atoms with Gasteiger partial charge in [-0.2, -0.15) is 0 Å². The van der Waals surface area contributed by atoms with Gasteiger partial charge in [0.2, 0.25) is 5.91 Å². The van der Waals surface area contributed by atoms with Crippen LogP contribution in [-0.2, 0) is 4.79 Å². The number of carbonyl (C=O) groups is 1. The molecule has 0 spiro atoms. The summed E-state index contributed by atoms with van der Waals surface area (Å²) in [4.78, 5) is 14.2. The Morgan fingerprint density at radius 2 is 2.11 bits per heavy atom. The summed E-state index contributed by atoms with van der Waals surface area (Å²) in [6.45, 7) is 3.42. The van der Waals surface area contributed by atoms with Crippen molar-refractivity contribution in [3.8, 4) is 0 Å². The van der Waals surface area contributed by atoms with Crippen molar-refractivity contribution in [3.63, 3.8) is 0 Å². The van der Waals surface area contributed by atoms with Crippen LogP contribution in [-0.4, -0.2) is 35.9 Å². The topological polar surface area (TPSA) is 58.4 Å². The fraction of sp³-hybridized carbons (Fsp3) is 0.429. The molecule has 104 valence electrons. The smallest absolute Gasteiger partial charge is 0.238 e. The van der Waals surface area contributed by atoms with E-state index in [0.717, 1.165) is 19.4 Å². The summed E-state index contributed by atoms with van der Waals surface area (Å²) in [7, 11) is 1.94. The summed E-state index contributed by atoms with van der Waals surface area (Å²) in [5.74, 6) is -0.0534. The normalized spacial score (nSPS) is 10.5. The van der Waals surface area contributed by atoms with Gasteiger partial charge in [-0.05, 0) is 32.1 Å². The zero-order valence-electron chi connectivity index (χ0n) is 11.5. The lowest BCUT2D eigenvalue weighted by atomic mass is 10.2. The van der Waals surface area contributed by atoms with Gasteiger partial charge in [-0.1, -0.05) is 37.7 Å². The highest BCUT2D eigenvalue weighted by Gasteiger charge is 2.10. The first kappa shape index (κ1) is 15.6. The number of nitrogens with two attached hydrogens (primary N) is 1. The molecule has 5 heteroatoms. The molecule has 0 radical (unpaired) electrons. The number of amides is 1. The molecule has 0 bridgehead atoms. The molecule has 0 saturated carbocycles. The number of carbonyl (C=O) groups excluding carboxylic acids is 1. The number of hydrogen-bond donors (Lipinski definition) is 2. The van der Waals surface area contributed by atoms with E-state index >= 15 is 0 Å². The van der Waals surface area contributed by atoms with E-state index < -0.39 is 0 Å². The molecule has 0 aliphatic heterocycles. The molecule has 4 nitrogen and oxygen atoms in total. The molecule has 0 unspecified atom stereocenters. The Morgan fingerprint density at radius 3 is 2.74 bits per heavy atom. The van der Waals surface area contributed by atoms with Gasteiger partial charge in [-0.3, -0.25) is 9.69 Å². The van der Waals surface area contributed by atoms with Gasteiger partial charge in [0.05, 0.1) is 12.2 Å². The van der Waals surface area contributed by atoms with Crippen LogP contribution in [0.5, 0.6) is 0 Å². The van der Waals surface area contributed by atoms with Gasteiger partial charge >= 0.3 is 0 Å². The number of hydrogen-bond acceptors (Lipinski definition) is 3. The number of unbranched alkanes of at least 4 members (excludes halogenated alkanes) is 1. The van der Waals surface area contributed by atoms with Crippen molar-refractivity contribution in [3.05, 3.63) is 29.8 Å². The Balaban J connectivity index is 2.60. The first-order valence-corrected chi connectivity index (χ1v) is 6.82. The third-order valence-electron chi connectivity index (χ3n) is 2.77.